The molecule has 8 heteroatoms. The van der Waals surface area contributed by atoms with Crippen molar-refractivity contribution in [1.82, 2.24) is 0 Å². The van der Waals surface area contributed by atoms with Crippen molar-refractivity contribution >= 4 is 51.9 Å². The Labute approximate surface area is 141 Å². The number of anilines is 2. The van der Waals surface area contributed by atoms with Gasteiger partial charge in [-0.25, -0.2) is 0 Å². The fraction of sp³-hybridized carbons (Fsp3) is 0.0714. The molecule has 2 N–H and O–H groups in total. The quantitative estimate of drug-likeness (QED) is 0.713. The first-order chi connectivity index (χ1) is 10.5. The van der Waals surface area contributed by atoms with Gasteiger partial charge in [0.2, 0.25) is 0 Å². The molecule has 0 aliphatic heterocycles. The van der Waals surface area contributed by atoms with Crippen molar-refractivity contribution in [3.8, 4) is 5.75 Å². The summed E-state index contributed by atoms with van der Waals surface area (Å²) in [6.45, 7) is -2.92. The van der Waals surface area contributed by atoms with E-state index in [1.807, 2.05) is 0 Å². The van der Waals surface area contributed by atoms with Crippen LogP contribution in [-0.4, -0.2) is 11.7 Å². The summed E-state index contributed by atoms with van der Waals surface area (Å²) < 4.78 is 29.1. The molecule has 0 saturated carbocycles. The SMILES string of the molecule is FC(F)Oc1ccccc1NC(=S)Nc1cc(Cl)ccc1Cl. The molecule has 0 unspecified atom stereocenters. The maximum atomic E-state index is 12.4. The number of thiocarbonyl (C=S) groups is 1. The highest BCUT2D eigenvalue weighted by Crippen LogP contribution is 2.28. The first kappa shape index (κ1) is 16.7. The second-order valence-electron chi connectivity index (χ2n) is 4.08. The van der Waals surface area contributed by atoms with Gasteiger partial charge in [-0.3, -0.25) is 0 Å². The summed E-state index contributed by atoms with van der Waals surface area (Å²) in [5, 5.41) is 6.68. The summed E-state index contributed by atoms with van der Waals surface area (Å²) in [5.74, 6) is -0.0150. The van der Waals surface area contributed by atoms with Gasteiger partial charge in [0.15, 0.2) is 5.11 Å². The van der Waals surface area contributed by atoms with Gasteiger partial charge in [0.25, 0.3) is 0 Å². The van der Waals surface area contributed by atoms with Gasteiger partial charge in [-0.2, -0.15) is 8.78 Å². The number of ether oxygens (including phenoxy) is 1. The molecule has 0 fully saturated rings. The van der Waals surface area contributed by atoms with Gasteiger partial charge < -0.3 is 15.4 Å². The van der Waals surface area contributed by atoms with E-state index in [0.29, 0.717) is 21.4 Å². The Morgan fingerprint density at radius 3 is 2.45 bits per heavy atom. The second kappa shape index (κ2) is 7.58. The Hall–Kier alpha value is -1.63. The first-order valence-electron chi connectivity index (χ1n) is 6.02. The van der Waals surface area contributed by atoms with Crippen molar-refractivity contribution in [2.75, 3.05) is 10.6 Å². The molecular weight excluding hydrogens is 353 g/mol. The summed E-state index contributed by atoms with van der Waals surface area (Å²) in [6, 6.07) is 11.1. The highest BCUT2D eigenvalue weighted by atomic mass is 35.5. The van der Waals surface area contributed by atoms with E-state index in [1.165, 1.54) is 6.07 Å². The largest absolute Gasteiger partial charge is 0.433 e. The Bertz CT molecular complexity index is 686. The van der Waals surface area contributed by atoms with Crippen LogP contribution in [0.5, 0.6) is 5.75 Å². The molecule has 2 aromatic rings. The number of para-hydroxylation sites is 2. The van der Waals surface area contributed by atoms with Crippen LogP contribution in [0, 0.1) is 0 Å². The Morgan fingerprint density at radius 2 is 1.73 bits per heavy atom. The number of nitrogens with one attached hydrogen (secondary N) is 2. The van der Waals surface area contributed by atoms with E-state index in [9.17, 15) is 8.78 Å². The van der Waals surface area contributed by atoms with Crippen LogP contribution in [0.3, 0.4) is 0 Å². The number of rotatable bonds is 4. The van der Waals surface area contributed by atoms with Crippen LogP contribution >= 0.6 is 35.4 Å². The third-order valence-electron chi connectivity index (χ3n) is 2.53. The van der Waals surface area contributed by atoms with E-state index in [4.69, 9.17) is 35.4 Å². The molecule has 0 spiro atoms. The molecule has 0 heterocycles. The lowest BCUT2D eigenvalue weighted by atomic mass is 10.3. The number of benzene rings is 2. The predicted octanol–water partition coefficient (Wildman–Crippen LogP) is 5.40. The first-order valence-corrected chi connectivity index (χ1v) is 7.19. The molecule has 0 bridgehead atoms. The van der Waals surface area contributed by atoms with Gasteiger partial charge in [-0.15, -0.1) is 0 Å². The summed E-state index contributed by atoms with van der Waals surface area (Å²) in [5.41, 5.74) is 0.803. The molecule has 2 rings (SSSR count). The monoisotopic (exact) mass is 362 g/mol. The average molecular weight is 363 g/mol. The van der Waals surface area contributed by atoms with E-state index in [-0.39, 0.29) is 10.9 Å². The van der Waals surface area contributed by atoms with Crippen molar-refractivity contribution in [3.05, 3.63) is 52.5 Å². The van der Waals surface area contributed by atoms with Crippen molar-refractivity contribution in [2.45, 2.75) is 6.61 Å². The van der Waals surface area contributed by atoms with Crippen molar-refractivity contribution in [3.63, 3.8) is 0 Å². The molecule has 0 atom stereocenters. The molecule has 2 aromatic carbocycles. The highest BCUT2D eigenvalue weighted by Gasteiger charge is 2.11. The maximum Gasteiger partial charge on any atom is 0.387 e. The summed E-state index contributed by atoms with van der Waals surface area (Å²) in [7, 11) is 0. The minimum atomic E-state index is -2.92. The van der Waals surface area contributed by atoms with Gasteiger partial charge in [-0.1, -0.05) is 35.3 Å². The minimum absolute atomic E-state index is 0.0150. The van der Waals surface area contributed by atoms with Crippen LogP contribution in [-0.2, 0) is 0 Å². The maximum absolute atomic E-state index is 12.4. The summed E-state index contributed by atoms with van der Waals surface area (Å²) >= 11 is 17.0. The van der Waals surface area contributed by atoms with Crippen molar-refractivity contribution in [2.24, 2.45) is 0 Å². The van der Waals surface area contributed by atoms with Crippen molar-refractivity contribution < 1.29 is 13.5 Å². The highest BCUT2D eigenvalue weighted by molar-refractivity contribution is 7.80. The van der Waals surface area contributed by atoms with Crippen LogP contribution in [0.25, 0.3) is 0 Å². The third-order valence-corrected chi connectivity index (χ3v) is 3.30. The van der Waals surface area contributed by atoms with Crippen molar-refractivity contribution in [1.29, 1.82) is 0 Å². The van der Waals surface area contributed by atoms with Crippen LogP contribution in [0.2, 0.25) is 10.0 Å². The average Bonchev–Trinajstić information content (AvgIpc) is 2.44. The zero-order valence-corrected chi connectivity index (χ0v) is 13.3. The molecule has 0 radical (unpaired) electrons. The minimum Gasteiger partial charge on any atom is -0.433 e. The van der Waals surface area contributed by atoms with E-state index in [1.54, 1.807) is 36.4 Å². The van der Waals surface area contributed by atoms with E-state index >= 15 is 0 Å². The molecule has 22 heavy (non-hydrogen) atoms. The smallest absolute Gasteiger partial charge is 0.387 e. The van der Waals surface area contributed by atoms with Crippen LogP contribution in [0.1, 0.15) is 0 Å². The molecule has 0 amide bonds. The third kappa shape index (κ3) is 4.69. The van der Waals surface area contributed by atoms with Gasteiger partial charge in [-0.05, 0) is 42.5 Å². The lowest BCUT2D eigenvalue weighted by molar-refractivity contribution is -0.0493. The summed E-state index contributed by atoms with van der Waals surface area (Å²) in [4.78, 5) is 0. The fourth-order valence-electron chi connectivity index (χ4n) is 1.64. The number of alkyl halides is 2. The lowest BCUT2D eigenvalue weighted by Gasteiger charge is -2.15. The Morgan fingerprint density at radius 1 is 1.05 bits per heavy atom. The molecule has 116 valence electrons. The number of hydrogen-bond donors (Lipinski definition) is 2. The molecular formula is C14H10Cl2F2N2OS. The molecule has 0 aromatic heterocycles. The van der Waals surface area contributed by atoms with Gasteiger partial charge in [0.05, 0.1) is 16.4 Å². The number of halogens is 4. The zero-order valence-electron chi connectivity index (χ0n) is 10.9. The number of hydrogen-bond acceptors (Lipinski definition) is 2. The summed E-state index contributed by atoms with van der Waals surface area (Å²) in [6.07, 6.45) is 0. The lowest BCUT2D eigenvalue weighted by Crippen LogP contribution is -2.20. The standard InChI is InChI=1S/C14H10Cl2F2N2OS/c15-8-5-6-9(16)11(7-8)20-14(22)19-10-3-1-2-4-12(10)21-13(17)18/h1-7,13H,(H2,19,20,22). The van der Waals surface area contributed by atoms with Gasteiger partial charge in [0, 0.05) is 5.02 Å². The van der Waals surface area contributed by atoms with Crippen LogP contribution in [0.4, 0.5) is 20.2 Å². The Kier molecular flexibility index (Phi) is 5.76. The molecule has 0 aliphatic carbocycles. The molecule has 3 nitrogen and oxygen atoms in total. The van der Waals surface area contributed by atoms with Gasteiger partial charge in [0.1, 0.15) is 5.75 Å². The predicted molar refractivity (Wildman–Crippen MR) is 89.4 cm³/mol. The van der Waals surface area contributed by atoms with E-state index < -0.39 is 6.61 Å². The van der Waals surface area contributed by atoms with Gasteiger partial charge >= 0.3 is 6.61 Å². The van der Waals surface area contributed by atoms with Crippen LogP contribution in [0.15, 0.2) is 42.5 Å². The Balaban J connectivity index is 2.11. The topological polar surface area (TPSA) is 33.3 Å². The van der Waals surface area contributed by atoms with E-state index in [0.717, 1.165) is 0 Å². The van der Waals surface area contributed by atoms with Crippen LogP contribution < -0.4 is 15.4 Å². The zero-order chi connectivity index (χ0) is 16.1. The normalized spacial score (nSPS) is 10.4. The fourth-order valence-corrected chi connectivity index (χ4v) is 2.19. The molecule has 0 saturated heterocycles. The van der Waals surface area contributed by atoms with E-state index in [2.05, 4.69) is 15.4 Å². The molecule has 0 aliphatic rings. The second-order valence-corrected chi connectivity index (χ2v) is 5.33.